The minimum atomic E-state index is -1.44. The Morgan fingerprint density at radius 3 is 2.11 bits per heavy atom. The molecular weight excluding hydrogens is 264 g/mol. The van der Waals surface area contributed by atoms with E-state index in [-0.39, 0.29) is 23.0 Å². The number of aliphatic carboxylic acids is 1. The summed E-state index contributed by atoms with van der Waals surface area (Å²) in [4.78, 5) is 23.8. The summed E-state index contributed by atoms with van der Waals surface area (Å²) in [6.07, 6.45) is 0.296. The van der Waals surface area contributed by atoms with Crippen molar-refractivity contribution in [2.75, 3.05) is 12.4 Å². The van der Waals surface area contributed by atoms with Gasteiger partial charge in [-0.3, -0.25) is 9.59 Å². The van der Waals surface area contributed by atoms with Crippen LogP contribution in [0.15, 0.2) is 0 Å². The van der Waals surface area contributed by atoms with Gasteiger partial charge >= 0.3 is 11.9 Å². The second-order valence-electron chi connectivity index (χ2n) is 6.11. The molecule has 1 N–H and O–H groups in total. The molecule has 0 aromatic heterocycles. The Bertz CT molecular complexity index is 320. The van der Waals surface area contributed by atoms with E-state index in [0.29, 0.717) is 6.42 Å². The summed E-state index contributed by atoms with van der Waals surface area (Å²) in [6.45, 7) is 11.7. The molecule has 0 aliphatic rings. The van der Waals surface area contributed by atoms with E-state index in [4.69, 9.17) is 4.74 Å². The number of carboxylic acid groups (broad SMARTS) is 1. The lowest BCUT2D eigenvalue weighted by atomic mass is 9.82. The van der Waals surface area contributed by atoms with E-state index in [1.54, 1.807) is 6.92 Å². The van der Waals surface area contributed by atoms with Crippen LogP contribution in [-0.4, -0.2) is 34.2 Å². The first-order valence-electron chi connectivity index (χ1n) is 6.59. The zero-order chi connectivity index (χ0) is 15.3. The first kappa shape index (κ1) is 18.3. The van der Waals surface area contributed by atoms with Gasteiger partial charge in [-0.1, -0.05) is 34.6 Å². The van der Waals surface area contributed by atoms with Crippen molar-refractivity contribution >= 4 is 23.7 Å². The van der Waals surface area contributed by atoms with Crippen LogP contribution in [0.4, 0.5) is 0 Å². The van der Waals surface area contributed by atoms with Crippen molar-refractivity contribution in [1.82, 2.24) is 0 Å². The number of carbonyl (C=O) groups is 2. The quantitative estimate of drug-likeness (QED) is 0.576. The average Bonchev–Trinajstić information content (AvgIpc) is 2.22. The third-order valence-corrected chi connectivity index (χ3v) is 4.09. The van der Waals surface area contributed by atoms with Gasteiger partial charge in [0.15, 0.2) is 5.41 Å². The third-order valence-electron chi connectivity index (χ3n) is 2.58. The van der Waals surface area contributed by atoms with Gasteiger partial charge in [-0.2, -0.15) is 11.8 Å². The Kier molecular flexibility index (Phi) is 6.91. The molecule has 0 spiro atoms. The lowest BCUT2D eigenvalue weighted by Crippen LogP contribution is -2.45. The van der Waals surface area contributed by atoms with Gasteiger partial charge in [0, 0.05) is 10.5 Å². The smallest absolute Gasteiger partial charge is 0.324 e. The van der Waals surface area contributed by atoms with Gasteiger partial charge in [0.2, 0.25) is 0 Å². The minimum Gasteiger partial charge on any atom is -0.480 e. The Morgan fingerprint density at radius 1 is 1.26 bits per heavy atom. The fourth-order valence-electron chi connectivity index (χ4n) is 1.74. The maximum atomic E-state index is 12.1. The second kappa shape index (κ2) is 7.17. The van der Waals surface area contributed by atoms with Gasteiger partial charge in [0.05, 0.1) is 6.61 Å². The fraction of sp³-hybridized carbons (Fsp3) is 0.857. The van der Waals surface area contributed by atoms with Crippen molar-refractivity contribution in [2.45, 2.75) is 52.7 Å². The first-order chi connectivity index (χ1) is 8.55. The summed E-state index contributed by atoms with van der Waals surface area (Å²) in [5, 5.41) is 9.55. The molecule has 0 amide bonds. The number of rotatable bonds is 7. The Hall–Kier alpha value is -0.710. The van der Waals surface area contributed by atoms with E-state index < -0.39 is 17.4 Å². The highest BCUT2D eigenvalue weighted by Gasteiger charge is 2.48. The summed E-state index contributed by atoms with van der Waals surface area (Å²) in [6, 6.07) is 0. The number of carboxylic acids is 1. The third kappa shape index (κ3) is 5.85. The Balaban J connectivity index is 5.26. The van der Waals surface area contributed by atoms with Crippen molar-refractivity contribution < 1.29 is 19.4 Å². The van der Waals surface area contributed by atoms with E-state index in [1.165, 1.54) is 11.8 Å². The van der Waals surface area contributed by atoms with Crippen LogP contribution >= 0.6 is 11.8 Å². The number of esters is 1. The Labute approximate surface area is 120 Å². The zero-order valence-electron chi connectivity index (χ0n) is 12.8. The molecule has 112 valence electrons. The molecule has 0 heterocycles. The van der Waals surface area contributed by atoms with Crippen LogP contribution in [0.25, 0.3) is 0 Å². The molecule has 0 fully saturated rings. The molecular formula is C14H26O4S. The van der Waals surface area contributed by atoms with Gasteiger partial charge < -0.3 is 9.84 Å². The summed E-state index contributed by atoms with van der Waals surface area (Å²) >= 11 is 1.48. The molecule has 0 aromatic rings. The molecule has 0 aliphatic heterocycles. The lowest BCUT2D eigenvalue weighted by Gasteiger charge is -2.31. The zero-order valence-corrected chi connectivity index (χ0v) is 13.6. The predicted molar refractivity (Wildman–Crippen MR) is 78.4 cm³/mol. The van der Waals surface area contributed by atoms with Gasteiger partial charge in [0.1, 0.15) is 0 Å². The second-order valence-corrected chi connectivity index (χ2v) is 7.91. The van der Waals surface area contributed by atoms with Crippen LogP contribution in [0, 0.1) is 11.3 Å². The SMILES string of the molecule is CCOC(=O)C(CSC(C)(C)C)(CC(C)C)C(=O)O. The summed E-state index contributed by atoms with van der Waals surface area (Å²) in [7, 11) is 0. The van der Waals surface area contributed by atoms with E-state index in [0.717, 1.165) is 0 Å². The number of hydrogen-bond donors (Lipinski definition) is 1. The molecule has 0 saturated carbocycles. The molecule has 1 atom stereocenters. The van der Waals surface area contributed by atoms with Gasteiger partial charge in [-0.25, -0.2) is 0 Å². The number of ether oxygens (including phenoxy) is 1. The molecule has 0 rings (SSSR count). The molecule has 0 aliphatic carbocycles. The van der Waals surface area contributed by atoms with Crippen LogP contribution in [0.2, 0.25) is 0 Å². The van der Waals surface area contributed by atoms with E-state index in [1.807, 2.05) is 34.6 Å². The number of hydrogen-bond acceptors (Lipinski definition) is 4. The van der Waals surface area contributed by atoms with Crippen LogP contribution < -0.4 is 0 Å². The molecule has 0 bridgehead atoms. The van der Waals surface area contributed by atoms with Gasteiger partial charge in [-0.15, -0.1) is 0 Å². The highest BCUT2D eigenvalue weighted by Crippen LogP contribution is 2.37. The van der Waals surface area contributed by atoms with Crippen molar-refractivity contribution in [3.8, 4) is 0 Å². The molecule has 4 nitrogen and oxygen atoms in total. The van der Waals surface area contributed by atoms with Gasteiger partial charge in [0.25, 0.3) is 0 Å². The van der Waals surface area contributed by atoms with Crippen LogP contribution in [0.5, 0.6) is 0 Å². The van der Waals surface area contributed by atoms with Crippen molar-refractivity contribution in [2.24, 2.45) is 11.3 Å². The molecule has 0 saturated heterocycles. The number of carbonyl (C=O) groups excluding carboxylic acids is 1. The van der Waals surface area contributed by atoms with Crippen molar-refractivity contribution in [1.29, 1.82) is 0 Å². The van der Waals surface area contributed by atoms with Crippen LogP contribution in [-0.2, 0) is 14.3 Å². The summed E-state index contributed by atoms with van der Waals surface area (Å²) in [5.74, 6) is -1.35. The maximum Gasteiger partial charge on any atom is 0.324 e. The monoisotopic (exact) mass is 290 g/mol. The van der Waals surface area contributed by atoms with Gasteiger partial charge in [-0.05, 0) is 19.3 Å². The first-order valence-corrected chi connectivity index (χ1v) is 7.58. The molecule has 5 heteroatoms. The minimum absolute atomic E-state index is 0.0931. The lowest BCUT2D eigenvalue weighted by molar-refractivity contribution is -0.168. The van der Waals surface area contributed by atoms with E-state index in [2.05, 4.69) is 0 Å². The van der Waals surface area contributed by atoms with Crippen LogP contribution in [0.3, 0.4) is 0 Å². The van der Waals surface area contributed by atoms with Crippen LogP contribution in [0.1, 0.15) is 48.0 Å². The normalized spacial score (nSPS) is 15.1. The largest absolute Gasteiger partial charge is 0.480 e. The number of thioether (sulfide) groups is 1. The summed E-state index contributed by atoms with van der Waals surface area (Å²) in [5.41, 5.74) is -1.44. The van der Waals surface area contributed by atoms with Crippen molar-refractivity contribution in [3.63, 3.8) is 0 Å². The Morgan fingerprint density at radius 2 is 1.79 bits per heavy atom. The van der Waals surface area contributed by atoms with E-state index >= 15 is 0 Å². The maximum absolute atomic E-state index is 12.1. The standard InChI is InChI=1S/C14H26O4S/c1-7-18-12(17)14(11(15)16,8-10(2)3)9-19-13(4,5)6/h10H,7-9H2,1-6H3,(H,15,16). The molecule has 19 heavy (non-hydrogen) atoms. The molecule has 1 unspecified atom stereocenters. The molecule has 0 aromatic carbocycles. The summed E-state index contributed by atoms with van der Waals surface area (Å²) < 4.78 is 4.91. The highest BCUT2D eigenvalue weighted by atomic mass is 32.2. The average molecular weight is 290 g/mol. The van der Waals surface area contributed by atoms with E-state index in [9.17, 15) is 14.7 Å². The predicted octanol–water partition coefficient (Wildman–Crippen LogP) is 3.20. The molecule has 0 radical (unpaired) electrons. The topological polar surface area (TPSA) is 63.6 Å². The van der Waals surface area contributed by atoms with Crippen molar-refractivity contribution in [3.05, 3.63) is 0 Å². The fourth-order valence-corrected chi connectivity index (χ4v) is 2.78. The highest BCUT2D eigenvalue weighted by molar-refractivity contribution is 8.00.